The summed E-state index contributed by atoms with van der Waals surface area (Å²) in [5.41, 5.74) is 1.93. The van der Waals surface area contributed by atoms with Crippen LogP contribution in [0.5, 0.6) is 0 Å². The lowest BCUT2D eigenvalue weighted by Crippen LogP contribution is -2.24. The summed E-state index contributed by atoms with van der Waals surface area (Å²) >= 11 is 0. The molecule has 0 saturated heterocycles. The molecule has 0 spiro atoms. The highest BCUT2D eigenvalue weighted by Crippen LogP contribution is 2.08. The second kappa shape index (κ2) is 4.79. The normalized spacial score (nSPS) is 10.0. The molecule has 0 aliphatic carbocycles. The predicted molar refractivity (Wildman–Crippen MR) is 59.8 cm³/mol. The fourth-order valence-electron chi connectivity index (χ4n) is 1.52. The van der Waals surface area contributed by atoms with Crippen LogP contribution in [0, 0.1) is 25.2 Å². The second-order valence-corrected chi connectivity index (χ2v) is 3.78. The first-order valence-corrected chi connectivity index (χ1v) is 5.22. The Hall–Kier alpha value is -1.56. The van der Waals surface area contributed by atoms with Crippen molar-refractivity contribution < 1.29 is 0 Å². The van der Waals surface area contributed by atoms with Gasteiger partial charge < -0.3 is 4.57 Å². The van der Waals surface area contributed by atoms with E-state index in [2.05, 4.69) is 6.92 Å². The summed E-state index contributed by atoms with van der Waals surface area (Å²) in [7, 11) is 0. The summed E-state index contributed by atoms with van der Waals surface area (Å²) in [4.78, 5) is 11.8. The third-order valence-electron chi connectivity index (χ3n) is 2.66. The molecule has 3 heteroatoms. The number of pyridine rings is 1. The van der Waals surface area contributed by atoms with Gasteiger partial charge in [0, 0.05) is 12.7 Å². The Morgan fingerprint density at radius 2 is 2.13 bits per heavy atom. The Morgan fingerprint density at radius 1 is 1.47 bits per heavy atom. The fourth-order valence-corrected chi connectivity index (χ4v) is 1.52. The fraction of sp³-hybridized carbons (Fsp3) is 0.500. The van der Waals surface area contributed by atoms with Gasteiger partial charge in [-0.3, -0.25) is 4.79 Å². The molecule has 0 aromatic carbocycles. The lowest BCUT2D eigenvalue weighted by Gasteiger charge is -2.09. The summed E-state index contributed by atoms with van der Waals surface area (Å²) in [6.45, 7) is 6.53. The highest BCUT2D eigenvalue weighted by Gasteiger charge is 2.08. The van der Waals surface area contributed by atoms with Gasteiger partial charge in [0.2, 0.25) is 0 Å². The maximum absolute atomic E-state index is 11.8. The molecular formula is C12H16N2O. The third kappa shape index (κ3) is 2.27. The molecule has 0 N–H and O–H groups in total. The maximum atomic E-state index is 11.8. The zero-order valence-corrected chi connectivity index (χ0v) is 9.50. The van der Waals surface area contributed by atoms with Crippen LogP contribution in [-0.2, 0) is 6.54 Å². The van der Waals surface area contributed by atoms with Crippen LogP contribution < -0.4 is 5.56 Å². The topological polar surface area (TPSA) is 45.8 Å². The van der Waals surface area contributed by atoms with E-state index in [4.69, 9.17) is 5.26 Å². The van der Waals surface area contributed by atoms with E-state index >= 15 is 0 Å². The standard InChI is InChI=1S/C12H16N2O/c1-4-5-6-14-8-9(2)10(3)11(7-13)12(14)15/h8H,4-6H2,1-3H3. The van der Waals surface area contributed by atoms with E-state index in [1.165, 1.54) is 0 Å². The second-order valence-electron chi connectivity index (χ2n) is 3.78. The molecule has 0 atom stereocenters. The minimum Gasteiger partial charge on any atom is -0.314 e. The van der Waals surface area contributed by atoms with Gasteiger partial charge in [0.15, 0.2) is 0 Å². The van der Waals surface area contributed by atoms with E-state index < -0.39 is 0 Å². The molecule has 3 nitrogen and oxygen atoms in total. The van der Waals surface area contributed by atoms with Crippen molar-refractivity contribution in [1.82, 2.24) is 4.57 Å². The molecule has 15 heavy (non-hydrogen) atoms. The third-order valence-corrected chi connectivity index (χ3v) is 2.66. The molecule has 0 aliphatic rings. The van der Waals surface area contributed by atoms with Crippen LogP contribution in [0.3, 0.4) is 0 Å². The smallest absolute Gasteiger partial charge is 0.268 e. The summed E-state index contributed by atoms with van der Waals surface area (Å²) in [6.07, 6.45) is 3.85. The number of rotatable bonds is 3. The van der Waals surface area contributed by atoms with E-state index in [9.17, 15) is 4.79 Å². The molecule has 0 radical (unpaired) electrons. The molecule has 80 valence electrons. The summed E-state index contributed by atoms with van der Waals surface area (Å²) in [5, 5.41) is 8.91. The molecule has 1 aromatic rings. The summed E-state index contributed by atoms with van der Waals surface area (Å²) in [6, 6.07) is 1.99. The first-order chi connectivity index (χ1) is 7.11. The van der Waals surface area contributed by atoms with Crippen LogP contribution in [0.2, 0.25) is 0 Å². The van der Waals surface area contributed by atoms with Crippen molar-refractivity contribution in [3.05, 3.63) is 33.2 Å². The van der Waals surface area contributed by atoms with Crippen LogP contribution in [0.15, 0.2) is 11.0 Å². The Kier molecular flexibility index (Phi) is 3.68. The van der Waals surface area contributed by atoms with Gasteiger partial charge in [-0.2, -0.15) is 5.26 Å². The average molecular weight is 204 g/mol. The summed E-state index contributed by atoms with van der Waals surface area (Å²) < 4.78 is 1.64. The Balaban J connectivity index is 3.26. The highest BCUT2D eigenvalue weighted by atomic mass is 16.1. The largest absolute Gasteiger partial charge is 0.314 e. The van der Waals surface area contributed by atoms with E-state index in [0.717, 1.165) is 24.0 Å². The number of aryl methyl sites for hydroxylation is 2. The van der Waals surface area contributed by atoms with E-state index in [1.807, 2.05) is 26.1 Å². The molecular weight excluding hydrogens is 188 g/mol. The van der Waals surface area contributed by atoms with Crippen LogP contribution in [-0.4, -0.2) is 4.57 Å². The van der Waals surface area contributed by atoms with Crippen LogP contribution in [0.4, 0.5) is 0 Å². The molecule has 0 amide bonds. The molecule has 0 aliphatic heterocycles. The molecule has 0 bridgehead atoms. The van der Waals surface area contributed by atoms with Crippen LogP contribution in [0.1, 0.15) is 36.5 Å². The summed E-state index contributed by atoms with van der Waals surface area (Å²) in [5.74, 6) is 0. The molecule has 1 heterocycles. The Morgan fingerprint density at radius 3 is 2.67 bits per heavy atom. The molecule has 1 rings (SSSR count). The lowest BCUT2D eigenvalue weighted by molar-refractivity contribution is 0.609. The number of nitrogens with zero attached hydrogens (tertiary/aromatic N) is 2. The Bertz CT molecular complexity index is 452. The SMILES string of the molecule is CCCCn1cc(C)c(C)c(C#N)c1=O. The maximum Gasteiger partial charge on any atom is 0.268 e. The lowest BCUT2D eigenvalue weighted by atomic mass is 10.1. The van der Waals surface area contributed by atoms with Gasteiger partial charge in [0.25, 0.3) is 5.56 Å². The van der Waals surface area contributed by atoms with Crippen molar-refractivity contribution in [3.63, 3.8) is 0 Å². The van der Waals surface area contributed by atoms with Crippen molar-refractivity contribution >= 4 is 0 Å². The van der Waals surface area contributed by atoms with Gasteiger partial charge >= 0.3 is 0 Å². The van der Waals surface area contributed by atoms with Crippen molar-refractivity contribution in [1.29, 1.82) is 5.26 Å². The van der Waals surface area contributed by atoms with E-state index in [0.29, 0.717) is 6.54 Å². The predicted octanol–water partition coefficient (Wildman–Crippen LogP) is 2.14. The van der Waals surface area contributed by atoms with Crippen molar-refractivity contribution in [3.8, 4) is 6.07 Å². The van der Waals surface area contributed by atoms with Crippen molar-refractivity contribution in [2.45, 2.75) is 40.2 Å². The van der Waals surface area contributed by atoms with Crippen LogP contribution in [0.25, 0.3) is 0 Å². The van der Waals surface area contributed by atoms with Gasteiger partial charge in [-0.05, 0) is 31.4 Å². The van der Waals surface area contributed by atoms with Crippen LogP contribution >= 0.6 is 0 Å². The van der Waals surface area contributed by atoms with E-state index in [1.54, 1.807) is 4.57 Å². The zero-order chi connectivity index (χ0) is 11.4. The first-order valence-electron chi connectivity index (χ1n) is 5.22. The van der Waals surface area contributed by atoms with Gasteiger partial charge in [0.1, 0.15) is 11.6 Å². The van der Waals surface area contributed by atoms with Gasteiger partial charge in [0.05, 0.1) is 0 Å². The number of unbranched alkanes of at least 4 members (excludes halogenated alkanes) is 1. The van der Waals surface area contributed by atoms with Gasteiger partial charge in [-0.25, -0.2) is 0 Å². The van der Waals surface area contributed by atoms with Crippen molar-refractivity contribution in [2.75, 3.05) is 0 Å². The molecule has 1 aromatic heterocycles. The van der Waals surface area contributed by atoms with E-state index in [-0.39, 0.29) is 11.1 Å². The minimum atomic E-state index is -0.158. The van der Waals surface area contributed by atoms with Crippen molar-refractivity contribution in [2.24, 2.45) is 0 Å². The minimum absolute atomic E-state index is 0.158. The number of hydrogen-bond donors (Lipinski definition) is 0. The Labute approximate surface area is 90.0 Å². The van der Waals surface area contributed by atoms with Gasteiger partial charge in [-0.15, -0.1) is 0 Å². The molecule has 0 saturated carbocycles. The zero-order valence-electron chi connectivity index (χ0n) is 9.50. The number of hydrogen-bond acceptors (Lipinski definition) is 2. The first kappa shape index (κ1) is 11.5. The van der Waals surface area contributed by atoms with Gasteiger partial charge in [-0.1, -0.05) is 13.3 Å². The monoisotopic (exact) mass is 204 g/mol. The average Bonchev–Trinajstić information content (AvgIpc) is 2.22. The highest BCUT2D eigenvalue weighted by molar-refractivity contribution is 5.38. The number of nitriles is 1. The molecule has 0 fully saturated rings. The quantitative estimate of drug-likeness (QED) is 0.757. The number of aromatic nitrogens is 1. The molecule has 0 unspecified atom stereocenters.